The lowest BCUT2D eigenvalue weighted by atomic mass is 9.31. The van der Waals surface area contributed by atoms with Crippen molar-refractivity contribution in [2.45, 2.75) is 117 Å². The van der Waals surface area contributed by atoms with Gasteiger partial charge in [0.25, 0.3) is 0 Å². The molecule has 0 aromatic heterocycles. The first kappa shape index (κ1) is 26.4. The van der Waals surface area contributed by atoms with Crippen LogP contribution in [0.5, 0.6) is 0 Å². The molecule has 36 heavy (non-hydrogen) atoms. The average molecular weight is 502 g/mol. The molecular weight excluding hydrogens is 454 g/mol. The van der Waals surface area contributed by atoms with E-state index in [0.29, 0.717) is 32.1 Å². The Labute approximate surface area is 216 Å². The maximum absolute atomic E-state index is 13.2. The van der Waals surface area contributed by atoms with Crippen molar-refractivity contribution in [2.75, 3.05) is 0 Å². The molecule has 0 saturated heterocycles. The molecule has 202 valence electrons. The summed E-state index contributed by atoms with van der Waals surface area (Å²) in [6.07, 6.45) is 6.36. The van der Waals surface area contributed by atoms with E-state index in [4.69, 9.17) is 5.73 Å². The van der Waals surface area contributed by atoms with E-state index in [1.165, 1.54) is 0 Å². The molecule has 5 N–H and O–H groups in total. The van der Waals surface area contributed by atoms with Gasteiger partial charge in [0.1, 0.15) is 6.10 Å². The van der Waals surface area contributed by atoms with E-state index in [-0.39, 0.29) is 34.9 Å². The second-order valence-electron chi connectivity index (χ2n) is 14.9. The van der Waals surface area contributed by atoms with Crippen LogP contribution < -0.4 is 5.73 Å². The lowest BCUT2D eigenvalue weighted by Gasteiger charge is -2.74. The standard InChI is InChI=1S/C30H47NO5/c1-17-10-11-29(23(34)35)14-12-25(4)18(21(29)28(17,7)36)8-9-20-26(25,5)13-15-30(31)24(2,3)22(33)19(32)16-27(20,30)6/h8,17,20-22,33,36H,9-16,31H2,1-7H3,(H,34,35). The molecule has 5 rings (SSSR count). The van der Waals surface area contributed by atoms with E-state index in [9.17, 15) is 24.9 Å². The number of nitrogens with two attached hydrogens (primary N) is 1. The van der Waals surface area contributed by atoms with Crippen LogP contribution in [0.1, 0.15) is 99.8 Å². The van der Waals surface area contributed by atoms with Gasteiger partial charge in [-0.2, -0.15) is 0 Å². The van der Waals surface area contributed by atoms with E-state index in [2.05, 4.69) is 33.8 Å². The minimum Gasteiger partial charge on any atom is -0.481 e. The highest BCUT2D eigenvalue weighted by atomic mass is 16.4. The topological polar surface area (TPSA) is 121 Å². The second-order valence-corrected chi connectivity index (χ2v) is 14.9. The van der Waals surface area contributed by atoms with Crippen molar-refractivity contribution in [1.29, 1.82) is 0 Å². The molecule has 10 atom stereocenters. The van der Waals surface area contributed by atoms with Crippen LogP contribution in [0.25, 0.3) is 0 Å². The summed E-state index contributed by atoms with van der Waals surface area (Å²) in [6, 6.07) is 0. The summed E-state index contributed by atoms with van der Waals surface area (Å²) in [5.74, 6) is -1.18. The summed E-state index contributed by atoms with van der Waals surface area (Å²) < 4.78 is 0. The number of carboxylic acids is 1. The van der Waals surface area contributed by atoms with Crippen LogP contribution in [-0.2, 0) is 9.59 Å². The number of hydrogen-bond acceptors (Lipinski definition) is 5. The number of carbonyl (C=O) groups is 2. The van der Waals surface area contributed by atoms with E-state index >= 15 is 0 Å². The number of allylic oxidation sites excluding steroid dienone is 1. The number of aliphatic carboxylic acids is 1. The highest BCUT2D eigenvalue weighted by Gasteiger charge is 2.74. The third-order valence-electron chi connectivity index (χ3n) is 13.7. The van der Waals surface area contributed by atoms with Crippen LogP contribution in [0.4, 0.5) is 0 Å². The first-order chi connectivity index (χ1) is 16.4. The summed E-state index contributed by atoms with van der Waals surface area (Å²) >= 11 is 0. The van der Waals surface area contributed by atoms with E-state index in [1.54, 1.807) is 0 Å². The van der Waals surface area contributed by atoms with Gasteiger partial charge in [0.2, 0.25) is 0 Å². The zero-order valence-electron chi connectivity index (χ0n) is 23.3. The van der Waals surface area contributed by atoms with Gasteiger partial charge in [0, 0.05) is 23.3 Å². The Kier molecular flexibility index (Phi) is 5.30. The third kappa shape index (κ3) is 2.65. The first-order valence-electron chi connectivity index (χ1n) is 14.0. The molecule has 0 aromatic carbocycles. The fourth-order valence-electron chi connectivity index (χ4n) is 10.7. The molecule has 0 aromatic rings. The molecular formula is C30H47NO5. The monoisotopic (exact) mass is 501 g/mol. The molecule has 5 aliphatic carbocycles. The van der Waals surface area contributed by atoms with Gasteiger partial charge in [-0.1, -0.05) is 53.2 Å². The largest absolute Gasteiger partial charge is 0.481 e. The average Bonchev–Trinajstić information content (AvgIpc) is 2.78. The molecule has 4 fully saturated rings. The van der Waals surface area contributed by atoms with Crippen molar-refractivity contribution in [1.82, 2.24) is 0 Å². The molecule has 6 heteroatoms. The smallest absolute Gasteiger partial charge is 0.310 e. The lowest BCUT2D eigenvalue weighted by molar-refractivity contribution is -0.221. The Morgan fingerprint density at radius 1 is 1.00 bits per heavy atom. The van der Waals surface area contributed by atoms with Gasteiger partial charge in [0.15, 0.2) is 5.78 Å². The fraction of sp³-hybridized carbons (Fsp3) is 0.867. The predicted molar refractivity (Wildman–Crippen MR) is 138 cm³/mol. The highest BCUT2D eigenvalue weighted by molar-refractivity contribution is 5.86. The Morgan fingerprint density at radius 2 is 1.64 bits per heavy atom. The quantitative estimate of drug-likeness (QED) is 0.394. The number of Topliss-reactive ketones (excluding diaryl/α,β-unsaturated/α-hetero) is 1. The number of hydrogen-bond donors (Lipinski definition) is 4. The van der Waals surface area contributed by atoms with E-state index in [1.807, 2.05) is 20.8 Å². The normalized spacial score (nSPS) is 55.9. The number of carboxylic acid groups (broad SMARTS) is 1. The van der Waals surface area contributed by atoms with Crippen molar-refractivity contribution < 1.29 is 24.9 Å². The molecule has 0 radical (unpaired) electrons. The van der Waals surface area contributed by atoms with E-state index in [0.717, 1.165) is 18.4 Å². The van der Waals surface area contributed by atoms with Gasteiger partial charge in [-0.15, -0.1) is 0 Å². The summed E-state index contributed by atoms with van der Waals surface area (Å²) in [6.45, 7) is 14.6. The zero-order valence-corrected chi connectivity index (χ0v) is 23.3. The Balaban J connectivity index is 1.68. The number of rotatable bonds is 1. The van der Waals surface area contributed by atoms with Gasteiger partial charge in [-0.3, -0.25) is 9.59 Å². The zero-order chi connectivity index (χ0) is 26.9. The fourth-order valence-corrected chi connectivity index (χ4v) is 10.7. The molecule has 0 aliphatic heterocycles. The van der Waals surface area contributed by atoms with Crippen molar-refractivity contribution in [3.8, 4) is 0 Å². The molecule has 0 amide bonds. The molecule has 0 heterocycles. The van der Waals surface area contributed by atoms with Gasteiger partial charge in [0.05, 0.1) is 11.0 Å². The number of carbonyl (C=O) groups excluding carboxylic acids is 1. The molecule has 0 bridgehead atoms. The summed E-state index contributed by atoms with van der Waals surface area (Å²) in [4.78, 5) is 26.0. The Morgan fingerprint density at radius 3 is 2.25 bits per heavy atom. The van der Waals surface area contributed by atoms with Gasteiger partial charge in [-0.25, -0.2) is 0 Å². The Bertz CT molecular complexity index is 1050. The number of ketones is 1. The van der Waals surface area contributed by atoms with E-state index < -0.39 is 45.4 Å². The SMILES string of the molecule is CC1CCC2(C(=O)O)CCC3(C)C(=CCC4C3(C)CCC3(N)C(C)(C)C(O)C(=O)CC43C)C2C1(C)O. The molecule has 10 unspecified atom stereocenters. The summed E-state index contributed by atoms with van der Waals surface area (Å²) in [5.41, 5.74) is 3.95. The minimum absolute atomic E-state index is 0.0163. The van der Waals surface area contributed by atoms with Crippen LogP contribution >= 0.6 is 0 Å². The number of aliphatic hydroxyl groups is 2. The molecule has 5 aliphatic rings. The van der Waals surface area contributed by atoms with Crippen molar-refractivity contribution in [2.24, 2.45) is 50.6 Å². The molecule has 6 nitrogen and oxygen atoms in total. The van der Waals surface area contributed by atoms with Crippen LogP contribution in [0.2, 0.25) is 0 Å². The molecule has 4 saturated carbocycles. The maximum Gasteiger partial charge on any atom is 0.310 e. The minimum atomic E-state index is -1.10. The number of fused-ring (bicyclic) bond motifs is 7. The van der Waals surface area contributed by atoms with Gasteiger partial charge >= 0.3 is 5.97 Å². The van der Waals surface area contributed by atoms with Crippen molar-refractivity contribution in [3.05, 3.63) is 11.6 Å². The van der Waals surface area contributed by atoms with Crippen molar-refractivity contribution in [3.63, 3.8) is 0 Å². The van der Waals surface area contributed by atoms with Crippen LogP contribution in [-0.4, -0.2) is 44.3 Å². The lowest BCUT2D eigenvalue weighted by Crippen LogP contribution is -2.78. The summed E-state index contributed by atoms with van der Waals surface area (Å²) in [5, 5.41) is 33.3. The highest BCUT2D eigenvalue weighted by Crippen LogP contribution is 2.76. The van der Waals surface area contributed by atoms with Crippen LogP contribution in [0.3, 0.4) is 0 Å². The maximum atomic E-state index is 13.2. The van der Waals surface area contributed by atoms with Crippen LogP contribution in [0, 0.1) is 44.8 Å². The van der Waals surface area contributed by atoms with Gasteiger partial charge < -0.3 is 21.1 Å². The van der Waals surface area contributed by atoms with Gasteiger partial charge in [-0.05, 0) is 80.0 Å². The molecule has 0 spiro atoms. The summed E-state index contributed by atoms with van der Waals surface area (Å²) in [7, 11) is 0. The van der Waals surface area contributed by atoms with Crippen LogP contribution in [0.15, 0.2) is 11.6 Å². The first-order valence-corrected chi connectivity index (χ1v) is 14.0. The Hall–Kier alpha value is -1.24. The number of aliphatic hydroxyl groups excluding tert-OH is 1. The predicted octanol–water partition coefficient (Wildman–Crippen LogP) is 4.46. The second kappa shape index (κ2) is 7.24. The third-order valence-corrected chi connectivity index (χ3v) is 13.7. The van der Waals surface area contributed by atoms with Crippen molar-refractivity contribution >= 4 is 11.8 Å².